The molecule has 0 bridgehead atoms. The van der Waals surface area contributed by atoms with Gasteiger partial charge in [-0.2, -0.15) is 0 Å². The van der Waals surface area contributed by atoms with E-state index in [1.165, 1.54) is 31.3 Å². The van der Waals surface area contributed by atoms with Crippen molar-refractivity contribution in [1.82, 2.24) is 0 Å². The second-order valence-electron chi connectivity index (χ2n) is 9.35. The van der Waals surface area contributed by atoms with Crippen LogP contribution < -0.4 is 0 Å². The van der Waals surface area contributed by atoms with Gasteiger partial charge in [0.05, 0.1) is 6.10 Å². The highest BCUT2D eigenvalue weighted by molar-refractivity contribution is 5.66. The normalized spacial score (nSPS) is 50.3. The minimum absolute atomic E-state index is 0.119. The van der Waals surface area contributed by atoms with Crippen LogP contribution in [0.2, 0.25) is 0 Å². The Balaban J connectivity index is 1.61. The lowest BCUT2D eigenvalue weighted by Crippen LogP contribution is -2.51. The van der Waals surface area contributed by atoms with Crippen molar-refractivity contribution in [3.8, 4) is 0 Å². The summed E-state index contributed by atoms with van der Waals surface area (Å²) >= 11 is 0. The molecule has 0 aliphatic heterocycles. The van der Waals surface area contributed by atoms with Gasteiger partial charge in [0.15, 0.2) is 0 Å². The molecule has 0 saturated heterocycles. The summed E-state index contributed by atoms with van der Waals surface area (Å²) in [6.07, 6.45) is 11.2. The van der Waals surface area contributed by atoms with E-state index < -0.39 is 0 Å². The molecule has 0 radical (unpaired) electrons. The summed E-state index contributed by atoms with van der Waals surface area (Å²) < 4.78 is 5.73. The summed E-state index contributed by atoms with van der Waals surface area (Å²) in [7, 11) is 0. The lowest BCUT2D eigenvalue weighted by atomic mass is 9.47. The maximum atomic E-state index is 11.5. The van der Waals surface area contributed by atoms with Gasteiger partial charge in [-0.1, -0.05) is 25.5 Å². The number of carbonyl (C=O) groups is 1. The first-order chi connectivity index (χ1) is 11.3. The van der Waals surface area contributed by atoms with Crippen molar-refractivity contribution >= 4 is 5.97 Å². The van der Waals surface area contributed by atoms with Crippen molar-refractivity contribution < 1.29 is 14.6 Å². The number of fused-ring (bicyclic) bond motifs is 5. The van der Waals surface area contributed by atoms with Gasteiger partial charge in [0.25, 0.3) is 0 Å². The van der Waals surface area contributed by atoms with Gasteiger partial charge in [-0.05, 0) is 74.5 Å². The average Bonchev–Trinajstić information content (AvgIpc) is 2.84. The van der Waals surface area contributed by atoms with Crippen LogP contribution in [0.3, 0.4) is 0 Å². The van der Waals surface area contributed by atoms with E-state index in [1.807, 2.05) is 0 Å². The molecule has 24 heavy (non-hydrogen) atoms. The fourth-order valence-corrected chi connectivity index (χ4v) is 7.06. The Morgan fingerprint density at radius 1 is 1.12 bits per heavy atom. The van der Waals surface area contributed by atoms with Crippen LogP contribution in [0.1, 0.15) is 72.1 Å². The highest BCUT2D eigenvalue weighted by atomic mass is 16.5. The summed E-state index contributed by atoms with van der Waals surface area (Å²) in [4.78, 5) is 11.5. The number of aliphatic hydroxyl groups excluding tert-OH is 1. The molecule has 0 aromatic rings. The lowest BCUT2D eigenvalue weighted by molar-refractivity contribution is -0.157. The third kappa shape index (κ3) is 2.30. The van der Waals surface area contributed by atoms with Crippen LogP contribution in [0.4, 0.5) is 0 Å². The van der Waals surface area contributed by atoms with Gasteiger partial charge in [-0.15, -0.1) is 0 Å². The van der Waals surface area contributed by atoms with Crippen LogP contribution >= 0.6 is 0 Å². The number of esters is 1. The number of allylic oxidation sites excluding steroid dienone is 1. The van der Waals surface area contributed by atoms with Gasteiger partial charge < -0.3 is 9.84 Å². The molecule has 134 valence electrons. The number of ether oxygens (including phenoxy) is 1. The van der Waals surface area contributed by atoms with Crippen LogP contribution in [-0.2, 0) is 9.53 Å². The quantitative estimate of drug-likeness (QED) is 0.577. The van der Waals surface area contributed by atoms with Crippen molar-refractivity contribution in [1.29, 1.82) is 0 Å². The lowest BCUT2D eigenvalue weighted by Gasteiger charge is -2.58. The van der Waals surface area contributed by atoms with Crippen molar-refractivity contribution in [2.24, 2.45) is 28.6 Å². The number of hydrogen-bond donors (Lipinski definition) is 1. The minimum Gasteiger partial charge on any atom is -0.462 e. The minimum atomic E-state index is -0.224. The molecule has 7 atom stereocenters. The van der Waals surface area contributed by atoms with Crippen molar-refractivity contribution in [3.63, 3.8) is 0 Å². The molecular formula is C21H32O3. The molecule has 0 heterocycles. The summed E-state index contributed by atoms with van der Waals surface area (Å²) in [6, 6.07) is 0. The zero-order valence-electron chi connectivity index (χ0n) is 15.4. The highest BCUT2D eigenvalue weighted by Crippen LogP contribution is 2.65. The molecule has 4 aliphatic rings. The molecule has 0 aromatic carbocycles. The monoisotopic (exact) mass is 332 g/mol. The maximum Gasteiger partial charge on any atom is 0.302 e. The van der Waals surface area contributed by atoms with Gasteiger partial charge in [0.1, 0.15) is 6.10 Å². The van der Waals surface area contributed by atoms with Gasteiger partial charge in [0.2, 0.25) is 0 Å². The number of carbonyl (C=O) groups excluding carboxylic acids is 1. The Bertz CT molecular complexity index is 567. The fourth-order valence-electron chi connectivity index (χ4n) is 7.06. The van der Waals surface area contributed by atoms with Crippen molar-refractivity contribution in [3.05, 3.63) is 11.6 Å². The summed E-state index contributed by atoms with van der Waals surface area (Å²) in [5.74, 6) is 2.10. The van der Waals surface area contributed by atoms with E-state index in [4.69, 9.17) is 4.74 Å². The first-order valence-corrected chi connectivity index (χ1v) is 9.91. The molecule has 1 N–H and O–H groups in total. The molecule has 0 aromatic heterocycles. The molecule has 3 fully saturated rings. The van der Waals surface area contributed by atoms with Crippen molar-refractivity contribution in [2.45, 2.75) is 84.3 Å². The standard InChI is InChI=1S/C21H32O3/c1-13(22)24-19-7-6-17-16-5-4-14-12-15(23)8-10-20(14,2)18(16)9-11-21(17,19)3/h12,15-19,23H,4-11H2,1-3H3/t15-,16+,17+,18-,19-,20-,21-/m0/s1. The number of rotatable bonds is 1. The first-order valence-electron chi connectivity index (χ1n) is 9.91. The smallest absolute Gasteiger partial charge is 0.302 e. The fraction of sp³-hybridized carbons (Fsp3) is 0.857. The van der Waals surface area contributed by atoms with Gasteiger partial charge >= 0.3 is 5.97 Å². The Hall–Kier alpha value is -0.830. The van der Waals surface area contributed by atoms with Crippen LogP contribution in [0.25, 0.3) is 0 Å². The van der Waals surface area contributed by atoms with Crippen LogP contribution in [0.5, 0.6) is 0 Å². The molecular weight excluding hydrogens is 300 g/mol. The second kappa shape index (κ2) is 5.59. The van der Waals surface area contributed by atoms with Crippen molar-refractivity contribution in [2.75, 3.05) is 0 Å². The SMILES string of the molecule is CC(=O)O[C@H]1CC[C@@H]2[C@H]3CCC4=C[C@@H](O)CC[C@]4(C)[C@H]3CC[C@]12C. The Morgan fingerprint density at radius 2 is 1.92 bits per heavy atom. The van der Waals surface area contributed by atoms with E-state index in [0.717, 1.165) is 37.5 Å². The third-order valence-corrected chi connectivity index (χ3v) is 8.31. The molecule has 0 amide bonds. The Kier molecular flexibility index (Phi) is 3.87. The van der Waals surface area contributed by atoms with E-state index >= 15 is 0 Å². The summed E-state index contributed by atoms with van der Waals surface area (Å²) in [6.45, 7) is 6.39. The second-order valence-corrected chi connectivity index (χ2v) is 9.35. The summed E-state index contributed by atoms with van der Waals surface area (Å²) in [5, 5.41) is 10.0. The van der Waals surface area contributed by atoms with Crippen LogP contribution in [0, 0.1) is 28.6 Å². The highest BCUT2D eigenvalue weighted by Gasteiger charge is 2.59. The average molecular weight is 332 g/mol. The summed E-state index contributed by atoms with van der Waals surface area (Å²) in [5.41, 5.74) is 2.00. The maximum absolute atomic E-state index is 11.5. The molecule has 0 spiro atoms. The van der Waals surface area contributed by atoms with Crippen LogP contribution in [0.15, 0.2) is 11.6 Å². The van der Waals surface area contributed by atoms with Crippen LogP contribution in [-0.4, -0.2) is 23.3 Å². The largest absolute Gasteiger partial charge is 0.462 e. The molecule has 4 rings (SSSR count). The molecule has 3 saturated carbocycles. The number of aliphatic hydroxyl groups is 1. The molecule has 4 aliphatic carbocycles. The van der Waals surface area contributed by atoms with Gasteiger partial charge in [0, 0.05) is 12.3 Å². The number of hydrogen-bond acceptors (Lipinski definition) is 3. The van der Waals surface area contributed by atoms with E-state index in [0.29, 0.717) is 11.3 Å². The van der Waals surface area contributed by atoms with E-state index in [2.05, 4.69) is 19.9 Å². The topological polar surface area (TPSA) is 46.5 Å². The molecule has 0 unspecified atom stereocenters. The third-order valence-electron chi connectivity index (χ3n) is 8.31. The zero-order valence-corrected chi connectivity index (χ0v) is 15.4. The molecule has 3 heteroatoms. The van der Waals surface area contributed by atoms with Gasteiger partial charge in [-0.25, -0.2) is 0 Å². The van der Waals surface area contributed by atoms with E-state index in [9.17, 15) is 9.90 Å². The first kappa shape index (κ1) is 16.6. The van der Waals surface area contributed by atoms with Gasteiger partial charge in [-0.3, -0.25) is 4.79 Å². The van der Waals surface area contributed by atoms with E-state index in [-0.39, 0.29) is 23.6 Å². The Labute approximate surface area is 145 Å². The molecule has 3 nitrogen and oxygen atoms in total. The zero-order chi connectivity index (χ0) is 17.1. The predicted molar refractivity (Wildman–Crippen MR) is 93.3 cm³/mol. The van der Waals surface area contributed by atoms with E-state index in [1.54, 1.807) is 6.92 Å². The Morgan fingerprint density at radius 3 is 2.67 bits per heavy atom. The predicted octanol–water partition coefficient (Wildman–Crippen LogP) is 4.24.